The molecule has 2 amide bonds. The largest absolute Gasteiger partial charge is 0.355 e. The second-order valence-corrected chi connectivity index (χ2v) is 5.31. The van der Waals surface area contributed by atoms with Gasteiger partial charge >= 0.3 is 0 Å². The number of rotatable bonds is 5. The minimum absolute atomic E-state index is 0.0534. The first-order valence-electron chi connectivity index (χ1n) is 6.68. The first-order valence-corrected chi connectivity index (χ1v) is 7.06. The molecule has 0 saturated heterocycles. The van der Waals surface area contributed by atoms with E-state index in [9.17, 15) is 9.59 Å². The highest BCUT2D eigenvalue weighted by molar-refractivity contribution is 6.30. The number of aromatic nitrogens is 1. The van der Waals surface area contributed by atoms with Gasteiger partial charge in [0.05, 0.1) is 0 Å². The third kappa shape index (κ3) is 4.08. The van der Waals surface area contributed by atoms with Gasteiger partial charge in [0.25, 0.3) is 5.91 Å². The highest BCUT2D eigenvalue weighted by atomic mass is 35.5. The Morgan fingerprint density at radius 3 is 2.59 bits per heavy atom. The van der Waals surface area contributed by atoms with E-state index in [1.54, 1.807) is 44.4 Å². The predicted octanol–water partition coefficient (Wildman–Crippen LogP) is 2.20. The van der Waals surface area contributed by atoms with Gasteiger partial charge in [-0.3, -0.25) is 9.59 Å². The van der Waals surface area contributed by atoms with Crippen molar-refractivity contribution in [1.29, 1.82) is 0 Å². The van der Waals surface area contributed by atoms with Gasteiger partial charge in [0.2, 0.25) is 5.91 Å². The fraction of sp³-hybridized carbons (Fsp3) is 0.267. The molecule has 0 aliphatic heterocycles. The molecule has 2 rings (SSSR count). The summed E-state index contributed by atoms with van der Waals surface area (Å²) >= 11 is 5.82. The van der Waals surface area contributed by atoms with E-state index in [-0.39, 0.29) is 30.5 Å². The zero-order chi connectivity index (χ0) is 16.1. The van der Waals surface area contributed by atoms with E-state index in [0.29, 0.717) is 10.8 Å². The molecule has 0 fully saturated rings. The van der Waals surface area contributed by atoms with Crippen LogP contribution in [0.15, 0.2) is 34.9 Å². The van der Waals surface area contributed by atoms with Crippen molar-refractivity contribution in [2.24, 2.45) is 0 Å². The SMILES string of the molecule is CN(C)C(=O)CCNC(=O)c1cc(-c2ccc(Cl)cc2)on1. The zero-order valence-corrected chi connectivity index (χ0v) is 13.1. The van der Waals surface area contributed by atoms with Crippen molar-refractivity contribution in [2.75, 3.05) is 20.6 Å². The molecule has 116 valence electrons. The lowest BCUT2D eigenvalue weighted by molar-refractivity contribution is -0.128. The van der Waals surface area contributed by atoms with Crippen LogP contribution in [0.1, 0.15) is 16.9 Å². The summed E-state index contributed by atoms with van der Waals surface area (Å²) in [5.41, 5.74) is 0.945. The van der Waals surface area contributed by atoms with E-state index in [4.69, 9.17) is 16.1 Å². The molecule has 0 unspecified atom stereocenters. The summed E-state index contributed by atoms with van der Waals surface area (Å²) in [7, 11) is 3.33. The van der Waals surface area contributed by atoms with Crippen molar-refractivity contribution in [3.05, 3.63) is 41.0 Å². The van der Waals surface area contributed by atoms with E-state index >= 15 is 0 Å². The Kier molecular flexibility index (Phi) is 5.16. The summed E-state index contributed by atoms with van der Waals surface area (Å²) in [5, 5.41) is 6.98. The smallest absolute Gasteiger partial charge is 0.273 e. The third-order valence-electron chi connectivity index (χ3n) is 2.99. The standard InChI is InChI=1S/C15H16ClN3O3/c1-19(2)14(20)7-8-17-15(21)12-9-13(22-18-12)10-3-5-11(16)6-4-10/h3-6,9H,7-8H2,1-2H3,(H,17,21). The van der Waals surface area contributed by atoms with Crippen molar-refractivity contribution in [2.45, 2.75) is 6.42 Å². The molecule has 1 heterocycles. The van der Waals surface area contributed by atoms with E-state index in [1.807, 2.05) is 0 Å². The summed E-state index contributed by atoms with van der Waals surface area (Å²) in [6.45, 7) is 0.249. The zero-order valence-electron chi connectivity index (χ0n) is 12.3. The number of carbonyl (C=O) groups excluding carboxylic acids is 2. The number of benzene rings is 1. The Labute approximate surface area is 133 Å². The summed E-state index contributed by atoms with van der Waals surface area (Å²) in [5.74, 6) is 0.0454. The van der Waals surface area contributed by atoms with Crippen LogP contribution in [0.3, 0.4) is 0 Å². The van der Waals surface area contributed by atoms with E-state index in [2.05, 4.69) is 10.5 Å². The number of hydrogen-bond acceptors (Lipinski definition) is 4. The van der Waals surface area contributed by atoms with E-state index < -0.39 is 0 Å². The van der Waals surface area contributed by atoms with Crippen LogP contribution in [-0.4, -0.2) is 42.5 Å². The van der Waals surface area contributed by atoms with Crippen LogP contribution in [-0.2, 0) is 4.79 Å². The van der Waals surface area contributed by atoms with Gasteiger partial charge in [-0.25, -0.2) is 0 Å². The van der Waals surface area contributed by atoms with Crippen molar-refractivity contribution in [1.82, 2.24) is 15.4 Å². The van der Waals surface area contributed by atoms with Gasteiger partial charge < -0.3 is 14.7 Å². The maximum absolute atomic E-state index is 11.9. The molecule has 0 atom stereocenters. The molecule has 1 aromatic carbocycles. The second-order valence-electron chi connectivity index (χ2n) is 4.88. The molecule has 0 saturated carbocycles. The van der Waals surface area contributed by atoms with E-state index in [0.717, 1.165) is 5.56 Å². The van der Waals surface area contributed by atoms with Gasteiger partial charge in [-0.1, -0.05) is 16.8 Å². The molecule has 22 heavy (non-hydrogen) atoms. The third-order valence-corrected chi connectivity index (χ3v) is 3.25. The first-order chi connectivity index (χ1) is 10.5. The van der Waals surface area contributed by atoms with Gasteiger partial charge in [-0.15, -0.1) is 0 Å². The van der Waals surface area contributed by atoms with E-state index in [1.165, 1.54) is 4.90 Å². The fourth-order valence-electron chi connectivity index (χ4n) is 1.73. The van der Waals surface area contributed by atoms with Crippen LogP contribution >= 0.6 is 11.6 Å². The maximum Gasteiger partial charge on any atom is 0.273 e. The van der Waals surface area contributed by atoms with Gasteiger partial charge in [-0.2, -0.15) is 0 Å². The number of carbonyl (C=O) groups is 2. The van der Waals surface area contributed by atoms with Crippen molar-refractivity contribution in [3.63, 3.8) is 0 Å². The lowest BCUT2D eigenvalue weighted by Crippen LogP contribution is -2.30. The molecule has 0 aliphatic carbocycles. The monoisotopic (exact) mass is 321 g/mol. The first kappa shape index (κ1) is 16.0. The molecular formula is C15H16ClN3O3. The van der Waals surface area contributed by atoms with Gasteiger partial charge in [0.1, 0.15) is 0 Å². The van der Waals surface area contributed by atoms with Crippen molar-refractivity contribution < 1.29 is 14.1 Å². The molecule has 6 nitrogen and oxygen atoms in total. The minimum atomic E-state index is -0.379. The topological polar surface area (TPSA) is 75.4 Å². The van der Waals surface area contributed by atoms with Crippen LogP contribution in [0.5, 0.6) is 0 Å². The van der Waals surface area contributed by atoms with Crippen LogP contribution in [0.4, 0.5) is 0 Å². The Balaban J connectivity index is 1.94. The molecule has 7 heteroatoms. The summed E-state index contributed by atoms with van der Waals surface area (Å²) in [6, 6.07) is 8.56. The maximum atomic E-state index is 11.9. The number of nitrogens with zero attached hydrogens (tertiary/aromatic N) is 2. The van der Waals surface area contributed by atoms with Crippen LogP contribution in [0, 0.1) is 0 Å². The number of amides is 2. The molecular weight excluding hydrogens is 306 g/mol. The Morgan fingerprint density at radius 2 is 1.95 bits per heavy atom. The Hall–Kier alpha value is -2.34. The number of halogens is 1. The summed E-state index contributed by atoms with van der Waals surface area (Å²) < 4.78 is 5.15. The molecule has 1 aromatic heterocycles. The van der Waals surface area contributed by atoms with Crippen molar-refractivity contribution in [3.8, 4) is 11.3 Å². The highest BCUT2D eigenvalue weighted by Crippen LogP contribution is 2.22. The van der Waals surface area contributed by atoms with Crippen LogP contribution in [0.25, 0.3) is 11.3 Å². The minimum Gasteiger partial charge on any atom is -0.355 e. The number of hydrogen-bond donors (Lipinski definition) is 1. The molecule has 0 spiro atoms. The van der Waals surface area contributed by atoms with Crippen LogP contribution in [0.2, 0.25) is 5.02 Å². The average Bonchev–Trinajstić information content (AvgIpc) is 2.97. The molecule has 1 N–H and O–H groups in total. The average molecular weight is 322 g/mol. The van der Waals surface area contributed by atoms with Gasteiger partial charge in [0.15, 0.2) is 11.5 Å². The second kappa shape index (κ2) is 7.09. The van der Waals surface area contributed by atoms with Gasteiger partial charge in [0, 0.05) is 43.7 Å². The summed E-state index contributed by atoms with van der Waals surface area (Å²) in [4.78, 5) is 24.8. The fourth-order valence-corrected chi connectivity index (χ4v) is 1.86. The molecule has 0 bridgehead atoms. The highest BCUT2D eigenvalue weighted by Gasteiger charge is 2.14. The Bertz CT molecular complexity index is 665. The van der Waals surface area contributed by atoms with Gasteiger partial charge in [-0.05, 0) is 24.3 Å². The lowest BCUT2D eigenvalue weighted by Gasteiger charge is -2.09. The summed E-state index contributed by atoms with van der Waals surface area (Å²) in [6.07, 6.45) is 0.237. The molecule has 2 aromatic rings. The molecule has 0 aliphatic rings. The van der Waals surface area contributed by atoms with Crippen molar-refractivity contribution >= 4 is 23.4 Å². The quantitative estimate of drug-likeness (QED) is 0.916. The van der Waals surface area contributed by atoms with Crippen LogP contribution < -0.4 is 5.32 Å². The molecule has 0 radical (unpaired) electrons. The lowest BCUT2D eigenvalue weighted by atomic mass is 10.1. The Morgan fingerprint density at radius 1 is 1.27 bits per heavy atom. The normalized spacial score (nSPS) is 10.3. The predicted molar refractivity (Wildman–Crippen MR) is 82.6 cm³/mol. The number of nitrogens with one attached hydrogen (secondary N) is 1.